The maximum absolute atomic E-state index is 9.85. The molecule has 0 radical (unpaired) electrons. The van der Waals surface area contributed by atoms with Crippen molar-refractivity contribution in [3.8, 4) is 0 Å². The molecule has 0 fully saturated rings. The molecule has 0 saturated carbocycles. The highest BCUT2D eigenvalue weighted by Gasteiger charge is 2.27. The average Bonchev–Trinajstić information content (AvgIpc) is 2.73. The summed E-state index contributed by atoms with van der Waals surface area (Å²) in [6.07, 6.45) is 2.02. The Labute approximate surface area is 101 Å². The van der Waals surface area contributed by atoms with Crippen molar-refractivity contribution in [1.29, 1.82) is 0 Å². The van der Waals surface area contributed by atoms with Crippen molar-refractivity contribution in [3.05, 3.63) is 47.5 Å². The molecule has 2 rings (SSSR count). The highest BCUT2D eigenvalue weighted by Crippen LogP contribution is 2.33. The quantitative estimate of drug-likeness (QED) is 0.783. The molecule has 1 aliphatic heterocycles. The van der Waals surface area contributed by atoms with Crippen LogP contribution < -0.4 is 0 Å². The van der Waals surface area contributed by atoms with Crippen molar-refractivity contribution in [2.24, 2.45) is 0 Å². The summed E-state index contributed by atoms with van der Waals surface area (Å²) in [5, 5.41) is 19.5. The molecule has 1 aliphatic rings. The molecule has 3 nitrogen and oxygen atoms in total. The molecule has 0 unspecified atom stereocenters. The van der Waals surface area contributed by atoms with Crippen LogP contribution in [0, 0.1) is 0 Å². The number of aliphatic hydroxyl groups excluding tert-OH is 2. The number of hydrogen-bond acceptors (Lipinski definition) is 3. The first-order valence-electron chi connectivity index (χ1n) is 5.90. The zero-order chi connectivity index (χ0) is 12.3. The van der Waals surface area contributed by atoms with Gasteiger partial charge < -0.3 is 14.9 Å². The van der Waals surface area contributed by atoms with Gasteiger partial charge in [0.2, 0.25) is 0 Å². The van der Waals surface area contributed by atoms with Crippen molar-refractivity contribution in [2.75, 3.05) is 0 Å². The molecule has 2 N–H and O–H groups in total. The fourth-order valence-electron chi connectivity index (χ4n) is 2.14. The number of ether oxygens (including phenoxy) is 1. The van der Waals surface area contributed by atoms with Gasteiger partial charge in [-0.1, -0.05) is 36.4 Å². The minimum absolute atomic E-state index is 0.110. The van der Waals surface area contributed by atoms with E-state index in [1.54, 1.807) is 12.2 Å². The Kier molecular flexibility index (Phi) is 3.94. The van der Waals surface area contributed by atoms with Crippen LogP contribution >= 0.6 is 0 Å². The third-order valence-electron chi connectivity index (χ3n) is 3.08. The van der Waals surface area contributed by atoms with Crippen LogP contribution in [-0.4, -0.2) is 22.4 Å². The van der Waals surface area contributed by atoms with E-state index < -0.39 is 12.2 Å². The standard InChI is InChI=1S/C14H18O3/c1-2-5-12(15)13(16)8-14-11-7-4-3-6-10(11)9-17-14/h2-7,12-16H,8-9H2,1H3/b5-2+/t12-,13+,14+/m0/s1. The molecule has 0 spiro atoms. The highest BCUT2D eigenvalue weighted by molar-refractivity contribution is 5.31. The second-order valence-corrected chi connectivity index (χ2v) is 4.32. The molecule has 0 amide bonds. The van der Waals surface area contributed by atoms with Gasteiger partial charge in [0.1, 0.15) is 0 Å². The first-order valence-corrected chi connectivity index (χ1v) is 5.90. The summed E-state index contributed by atoms with van der Waals surface area (Å²) in [6, 6.07) is 8.00. The van der Waals surface area contributed by atoms with Gasteiger partial charge in [-0.25, -0.2) is 0 Å². The van der Waals surface area contributed by atoms with Gasteiger partial charge >= 0.3 is 0 Å². The lowest BCUT2D eigenvalue weighted by Crippen LogP contribution is -2.25. The molecule has 0 saturated heterocycles. The third kappa shape index (κ3) is 2.75. The van der Waals surface area contributed by atoms with E-state index in [0.29, 0.717) is 13.0 Å². The second kappa shape index (κ2) is 5.45. The van der Waals surface area contributed by atoms with Gasteiger partial charge in [-0.15, -0.1) is 0 Å². The highest BCUT2D eigenvalue weighted by atomic mass is 16.5. The van der Waals surface area contributed by atoms with Gasteiger partial charge in [0.15, 0.2) is 0 Å². The average molecular weight is 234 g/mol. The molecular formula is C14H18O3. The summed E-state index contributed by atoms with van der Waals surface area (Å²) in [7, 11) is 0. The van der Waals surface area contributed by atoms with Crippen LogP contribution in [0.2, 0.25) is 0 Å². The van der Waals surface area contributed by atoms with E-state index in [1.165, 1.54) is 5.56 Å². The van der Waals surface area contributed by atoms with E-state index in [4.69, 9.17) is 4.74 Å². The lowest BCUT2D eigenvalue weighted by Gasteiger charge is -2.19. The van der Waals surface area contributed by atoms with Crippen molar-refractivity contribution >= 4 is 0 Å². The summed E-state index contributed by atoms with van der Waals surface area (Å²) < 4.78 is 5.63. The minimum Gasteiger partial charge on any atom is -0.390 e. The zero-order valence-corrected chi connectivity index (χ0v) is 9.91. The number of rotatable bonds is 4. The van der Waals surface area contributed by atoms with E-state index in [1.807, 2.05) is 31.2 Å². The molecule has 0 bridgehead atoms. The van der Waals surface area contributed by atoms with Crippen molar-refractivity contribution in [1.82, 2.24) is 0 Å². The first kappa shape index (κ1) is 12.3. The van der Waals surface area contributed by atoms with Crippen LogP contribution in [0.15, 0.2) is 36.4 Å². The third-order valence-corrected chi connectivity index (χ3v) is 3.08. The van der Waals surface area contributed by atoms with E-state index in [-0.39, 0.29) is 6.10 Å². The van der Waals surface area contributed by atoms with Crippen molar-refractivity contribution in [2.45, 2.75) is 38.3 Å². The Bertz CT molecular complexity index is 400. The van der Waals surface area contributed by atoms with Gasteiger partial charge in [0, 0.05) is 6.42 Å². The Hall–Kier alpha value is -1.16. The Morgan fingerprint density at radius 3 is 2.94 bits per heavy atom. The van der Waals surface area contributed by atoms with Crippen LogP contribution in [0.4, 0.5) is 0 Å². The summed E-state index contributed by atoms with van der Waals surface area (Å²) in [5.74, 6) is 0. The zero-order valence-electron chi connectivity index (χ0n) is 9.91. The summed E-state index contributed by atoms with van der Waals surface area (Å²) >= 11 is 0. The van der Waals surface area contributed by atoms with Crippen LogP contribution in [0.1, 0.15) is 30.6 Å². The maximum Gasteiger partial charge on any atom is 0.0980 e. The monoisotopic (exact) mass is 234 g/mol. The van der Waals surface area contributed by atoms with Gasteiger partial charge in [-0.2, -0.15) is 0 Å². The Balaban J connectivity index is 2.02. The van der Waals surface area contributed by atoms with Crippen molar-refractivity contribution in [3.63, 3.8) is 0 Å². The number of allylic oxidation sites excluding steroid dienone is 1. The molecule has 3 atom stereocenters. The fraction of sp³-hybridized carbons (Fsp3) is 0.429. The number of hydrogen-bond donors (Lipinski definition) is 2. The van der Waals surface area contributed by atoms with E-state index >= 15 is 0 Å². The van der Waals surface area contributed by atoms with E-state index in [0.717, 1.165) is 5.56 Å². The molecule has 92 valence electrons. The van der Waals surface area contributed by atoms with E-state index in [2.05, 4.69) is 0 Å². The number of fused-ring (bicyclic) bond motifs is 1. The number of aliphatic hydroxyl groups is 2. The maximum atomic E-state index is 9.85. The van der Waals surface area contributed by atoms with Gasteiger partial charge in [0.25, 0.3) is 0 Å². The van der Waals surface area contributed by atoms with Gasteiger partial charge in [0.05, 0.1) is 24.9 Å². The Morgan fingerprint density at radius 2 is 2.18 bits per heavy atom. The van der Waals surface area contributed by atoms with Crippen LogP contribution in [0.5, 0.6) is 0 Å². The molecule has 1 aromatic rings. The van der Waals surface area contributed by atoms with Crippen LogP contribution in [-0.2, 0) is 11.3 Å². The minimum atomic E-state index is -0.823. The lowest BCUT2D eigenvalue weighted by molar-refractivity contribution is -0.0151. The largest absolute Gasteiger partial charge is 0.390 e. The normalized spacial score (nSPS) is 22.6. The predicted octanol–water partition coefficient (Wildman–Crippen LogP) is 1.95. The Morgan fingerprint density at radius 1 is 1.41 bits per heavy atom. The number of benzene rings is 1. The fourth-order valence-corrected chi connectivity index (χ4v) is 2.14. The SMILES string of the molecule is C/C=C/[C@H](O)[C@H](O)C[C@H]1OCc2ccccc21. The van der Waals surface area contributed by atoms with E-state index in [9.17, 15) is 10.2 Å². The summed E-state index contributed by atoms with van der Waals surface area (Å²) in [5.41, 5.74) is 2.30. The summed E-state index contributed by atoms with van der Waals surface area (Å²) in [6.45, 7) is 2.41. The molecule has 0 aromatic heterocycles. The molecule has 0 aliphatic carbocycles. The second-order valence-electron chi connectivity index (χ2n) is 4.32. The first-order chi connectivity index (χ1) is 8.22. The van der Waals surface area contributed by atoms with Gasteiger partial charge in [-0.05, 0) is 18.1 Å². The lowest BCUT2D eigenvalue weighted by atomic mass is 9.99. The topological polar surface area (TPSA) is 49.7 Å². The van der Waals surface area contributed by atoms with Crippen molar-refractivity contribution < 1.29 is 14.9 Å². The molecule has 3 heteroatoms. The van der Waals surface area contributed by atoms with Gasteiger partial charge in [-0.3, -0.25) is 0 Å². The summed E-state index contributed by atoms with van der Waals surface area (Å²) in [4.78, 5) is 0. The molecular weight excluding hydrogens is 216 g/mol. The van der Waals surface area contributed by atoms with Crippen LogP contribution in [0.25, 0.3) is 0 Å². The molecule has 1 heterocycles. The smallest absolute Gasteiger partial charge is 0.0980 e. The molecule has 1 aromatic carbocycles. The van der Waals surface area contributed by atoms with Crippen LogP contribution in [0.3, 0.4) is 0 Å². The predicted molar refractivity (Wildman–Crippen MR) is 65.4 cm³/mol. The molecule has 17 heavy (non-hydrogen) atoms.